The summed E-state index contributed by atoms with van der Waals surface area (Å²) in [6.45, 7) is 0. The Morgan fingerprint density at radius 1 is 0.423 bits per heavy atom. The van der Waals surface area contributed by atoms with E-state index in [2.05, 4.69) is 186 Å². The van der Waals surface area contributed by atoms with Crippen LogP contribution in [-0.4, -0.2) is 4.98 Å². The zero-order valence-corrected chi connectivity index (χ0v) is 28.3. The molecule has 8 aromatic carbocycles. The van der Waals surface area contributed by atoms with Crippen LogP contribution in [0.1, 0.15) is 0 Å². The first-order valence-electron chi connectivity index (χ1n) is 17.6. The summed E-state index contributed by atoms with van der Waals surface area (Å²) >= 11 is 0. The predicted molar refractivity (Wildman–Crippen MR) is 218 cm³/mol. The fraction of sp³-hybridized carbons (Fsp3) is 0. The normalized spacial score (nSPS) is 11.5. The van der Waals surface area contributed by atoms with Crippen molar-refractivity contribution in [2.75, 3.05) is 4.90 Å². The standard InChI is InChI=1S/C49H32N2O/c1-3-14-33(15-4-1)38-26-27-39(43-22-8-7-21-42(38)43)35-18-13-19-37(30-35)51(45-24-11-9-20-40(45)34-16-5-2-6-17-34)49-41-28-29-50-32-36(41)31-47-48(49)44-23-10-12-25-46(44)52-47/h1-32H. The molecule has 244 valence electrons. The number of aromatic nitrogens is 1. The maximum Gasteiger partial charge on any atom is 0.138 e. The van der Waals surface area contributed by atoms with Gasteiger partial charge in [-0.05, 0) is 75.0 Å². The number of hydrogen-bond donors (Lipinski definition) is 0. The lowest BCUT2D eigenvalue weighted by Gasteiger charge is -2.30. The summed E-state index contributed by atoms with van der Waals surface area (Å²) in [5.41, 5.74) is 11.9. The number of benzene rings is 8. The third-order valence-corrected chi connectivity index (χ3v) is 10.1. The van der Waals surface area contributed by atoms with Gasteiger partial charge in [0.25, 0.3) is 0 Å². The van der Waals surface area contributed by atoms with E-state index in [1.165, 1.54) is 27.5 Å². The second-order valence-electron chi connectivity index (χ2n) is 13.1. The molecule has 2 aromatic heterocycles. The molecule has 0 atom stereocenters. The maximum absolute atomic E-state index is 6.57. The van der Waals surface area contributed by atoms with E-state index in [1.54, 1.807) is 0 Å². The molecule has 0 aliphatic rings. The molecule has 0 bridgehead atoms. The van der Waals surface area contributed by atoms with E-state index in [4.69, 9.17) is 4.42 Å². The molecule has 0 aliphatic carbocycles. The van der Waals surface area contributed by atoms with Gasteiger partial charge in [0.1, 0.15) is 11.2 Å². The summed E-state index contributed by atoms with van der Waals surface area (Å²) in [4.78, 5) is 6.97. The van der Waals surface area contributed by atoms with Gasteiger partial charge < -0.3 is 9.32 Å². The molecule has 0 amide bonds. The Kier molecular flexibility index (Phi) is 7.14. The summed E-state index contributed by atoms with van der Waals surface area (Å²) in [5.74, 6) is 0. The van der Waals surface area contributed by atoms with Crippen LogP contribution in [-0.2, 0) is 0 Å². The van der Waals surface area contributed by atoms with Gasteiger partial charge in [-0.2, -0.15) is 0 Å². The summed E-state index contributed by atoms with van der Waals surface area (Å²) in [6.07, 6.45) is 3.82. The van der Waals surface area contributed by atoms with Crippen LogP contribution >= 0.6 is 0 Å². The van der Waals surface area contributed by atoms with Crippen molar-refractivity contribution in [3.63, 3.8) is 0 Å². The van der Waals surface area contributed by atoms with Crippen LogP contribution < -0.4 is 4.90 Å². The van der Waals surface area contributed by atoms with Crippen molar-refractivity contribution >= 4 is 60.5 Å². The van der Waals surface area contributed by atoms with Crippen LogP contribution in [0.25, 0.3) is 76.9 Å². The quantitative estimate of drug-likeness (QED) is 0.177. The second-order valence-corrected chi connectivity index (χ2v) is 13.1. The Morgan fingerprint density at radius 2 is 1.04 bits per heavy atom. The summed E-state index contributed by atoms with van der Waals surface area (Å²) in [7, 11) is 0. The molecular formula is C49H32N2O. The number of anilines is 3. The van der Waals surface area contributed by atoms with Gasteiger partial charge >= 0.3 is 0 Å². The van der Waals surface area contributed by atoms with Crippen LogP contribution in [0.5, 0.6) is 0 Å². The predicted octanol–water partition coefficient (Wildman–Crippen LogP) is 13.8. The van der Waals surface area contributed by atoms with Gasteiger partial charge in [-0.3, -0.25) is 4.98 Å². The SMILES string of the molecule is c1ccc(-c2ccccc2N(c2cccc(-c3ccc(-c4ccccc4)c4ccccc34)c2)c2c3ccncc3cc3oc4ccccc4c23)cc1. The van der Waals surface area contributed by atoms with Crippen LogP contribution in [0.4, 0.5) is 17.1 Å². The molecule has 2 heterocycles. The molecule has 10 rings (SSSR count). The smallest absolute Gasteiger partial charge is 0.138 e. The van der Waals surface area contributed by atoms with Gasteiger partial charge in [0.2, 0.25) is 0 Å². The molecule has 0 radical (unpaired) electrons. The molecule has 0 unspecified atom stereocenters. The topological polar surface area (TPSA) is 29.3 Å². The molecule has 0 spiro atoms. The molecule has 52 heavy (non-hydrogen) atoms. The van der Waals surface area contributed by atoms with E-state index >= 15 is 0 Å². The molecule has 0 aliphatic heterocycles. The van der Waals surface area contributed by atoms with Crippen LogP contribution in [0.15, 0.2) is 199 Å². The lowest BCUT2D eigenvalue weighted by atomic mass is 9.92. The monoisotopic (exact) mass is 664 g/mol. The molecule has 0 saturated heterocycles. The minimum Gasteiger partial charge on any atom is -0.456 e. The number of para-hydroxylation sites is 2. The third-order valence-electron chi connectivity index (χ3n) is 10.1. The highest BCUT2D eigenvalue weighted by molar-refractivity contribution is 6.22. The molecule has 0 N–H and O–H groups in total. The van der Waals surface area contributed by atoms with Crippen LogP contribution in [0, 0.1) is 0 Å². The highest BCUT2D eigenvalue weighted by Crippen LogP contribution is 2.49. The number of furan rings is 1. The lowest BCUT2D eigenvalue weighted by Crippen LogP contribution is -2.12. The van der Waals surface area contributed by atoms with E-state index in [0.717, 1.165) is 66.5 Å². The van der Waals surface area contributed by atoms with Crippen molar-refractivity contribution in [2.45, 2.75) is 0 Å². The Hall–Kier alpha value is -6.97. The van der Waals surface area contributed by atoms with E-state index in [0.29, 0.717) is 0 Å². The van der Waals surface area contributed by atoms with Crippen molar-refractivity contribution in [3.8, 4) is 33.4 Å². The fourth-order valence-electron chi connectivity index (χ4n) is 7.81. The summed E-state index contributed by atoms with van der Waals surface area (Å²) in [6, 6.07) is 64.8. The molecule has 3 nitrogen and oxygen atoms in total. The van der Waals surface area contributed by atoms with Crippen molar-refractivity contribution < 1.29 is 4.42 Å². The van der Waals surface area contributed by atoms with Gasteiger partial charge in [0, 0.05) is 39.8 Å². The molecular weight excluding hydrogens is 633 g/mol. The number of hydrogen-bond acceptors (Lipinski definition) is 3. The highest BCUT2D eigenvalue weighted by atomic mass is 16.3. The first kappa shape index (κ1) is 29.9. The minimum atomic E-state index is 0.831. The maximum atomic E-state index is 6.57. The highest BCUT2D eigenvalue weighted by Gasteiger charge is 2.25. The van der Waals surface area contributed by atoms with Gasteiger partial charge in [-0.15, -0.1) is 0 Å². The van der Waals surface area contributed by atoms with Gasteiger partial charge in [0.05, 0.1) is 16.8 Å². The second kappa shape index (κ2) is 12.4. The minimum absolute atomic E-state index is 0.831. The lowest BCUT2D eigenvalue weighted by molar-refractivity contribution is 0.669. The summed E-state index contributed by atoms with van der Waals surface area (Å²) in [5, 5.41) is 6.71. The van der Waals surface area contributed by atoms with Crippen molar-refractivity contribution in [1.82, 2.24) is 4.98 Å². The molecule has 3 heteroatoms. The molecule has 10 aromatic rings. The van der Waals surface area contributed by atoms with E-state index in [9.17, 15) is 0 Å². The number of rotatable bonds is 6. The number of fused-ring (bicyclic) bond motifs is 5. The Balaban J connectivity index is 1.27. The summed E-state index contributed by atoms with van der Waals surface area (Å²) < 4.78 is 6.57. The van der Waals surface area contributed by atoms with Crippen molar-refractivity contribution in [3.05, 3.63) is 194 Å². The number of nitrogens with zero attached hydrogens (tertiary/aromatic N) is 2. The van der Waals surface area contributed by atoms with E-state index in [-0.39, 0.29) is 0 Å². The van der Waals surface area contributed by atoms with Gasteiger partial charge in [-0.25, -0.2) is 0 Å². The van der Waals surface area contributed by atoms with E-state index in [1.807, 2.05) is 18.5 Å². The van der Waals surface area contributed by atoms with Crippen LogP contribution in [0.2, 0.25) is 0 Å². The van der Waals surface area contributed by atoms with E-state index < -0.39 is 0 Å². The fourth-order valence-corrected chi connectivity index (χ4v) is 7.81. The van der Waals surface area contributed by atoms with Crippen LogP contribution in [0.3, 0.4) is 0 Å². The first-order chi connectivity index (χ1) is 25.8. The zero-order valence-electron chi connectivity index (χ0n) is 28.3. The Morgan fingerprint density at radius 3 is 1.81 bits per heavy atom. The Labute approximate surface area is 301 Å². The van der Waals surface area contributed by atoms with Gasteiger partial charge in [0.15, 0.2) is 0 Å². The molecule has 0 saturated carbocycles. The average Bonchev–Trinajstić information content (AvgIpc) is 3.59. The Bertz CT molecular complexity index is 2910. The largest absolute Gasteiger partial charge is 0.456 e. The number of pyridine rings is 1. The molecule has 0 fully saturated rings. The first-order valence-corrected chi connectivity index (χ1v) is 17.6. The zero-order chi connectivity index (χ0) is 34.4. The average molecular weight is 665 g/mol. The van der Waals surface area contributed by atoms with Crippen molar-refractivity contribution in [1.29, 1.82) is 0 Å². The third kappa shape index (κ3) is 4.94. The van der Waals surface area contributed by atoms with Crippen molar-refractivity contribution in [2.24, 2.45) is 0 Å². The van der Waals surface area contributed by atoms with Gasteiger partial charge in [-0.1, -0.05) is 146 Å².